The summed E-state index contributed by atoms with van der Waals surface area (Å²) in [7, 11) is 0. The Kier molecular flexibility index (Phi) is 9.73. The van der Waals surface area contributed by atoms with Gasteiger partial charge in [-0.2, -0.15) is 11.3 Å². The van der Waals surface area contributed by atoms with Gasteiger partial charge in [0.1, 0.15) is 0 Å². The number of rotatable bonds is 1. The second kappa shape index (κ2) is 10.4. The minimum Gasteiger partial charge on any atom is -0.152 e. The molecular weight excluding hydrogens is 212 g/mol. The van der Waals surface area contributed by atoms with Gasteiger partial charge in [-0.25, -0.2) is 0 Å². The smallest absolute Gasteiger partial charge is 0.00147 e. The summed E-state index contributed by atoms with van der Waals surface area (Å²) in [6.07, 6.45) is 1.25. The summed E-state index contributed by atoms with van der Waals surface area (Å²) in [6.45, 7) is 8.25. The van der Waals surface area contributed by atoms with Crippen molar-refractivity contribution in [1.29, 1.82) is 0 Å². The lowest BCUT2D eigenvalue weighted by atomic mass is 10.1. The Labute approximate surface area is 104 Å². The van der Waals surface area contributed by atoms with Crippen molar-refractivity contribution in [2.24, 2.45) is 0 Å². The summed E-state index contributed by atoms with van der Waals surface area (Å²) < 4.78 is 0. The predicted octanol–water partition coefficient (Wildman–Crippen LogP) is 5.86. The molecule has 0 N–H and O–H groups in total. The maximum Gasteiger partial charge on any atom is -0.00147 e. The molecule has 0 saturated carbocycles. The van der Waals surface area contributed by atoms with Crippen LogP contribution in [0.4, 0.5) is 0 Å². The van der Waals surface area contributed by atoms with Gasteiger partial charge in [-0.15, -0.1) is 0 Å². The Morgan fingerprint density at radius 3 is 1.88 bits per heavy atom. The first kappa shape index (κ1) is 14.9. The third-order valence-electron chi connectivity index (χ3n) is 1.63. The highest BCUT2D eigenvalue weighted by Crippen LogP contribution is 2.20. The Morgan fingerprint density at radius 1 is 0.875 bits per heavy atom. The molecule has 1 aromatic heterocycles. The van der Waals surface area contributed by atoms with E-state index in [1.165, 1.54) is 17.5 Å². The first-order valence-electron chi connectivity index (χ1n) is 5.96. The molecule has 0 fully saturated rings. The molecule has 16 heavy (non-hydrogen) atoms. The third-order valence-corrected chi connectivity index (χ3v) is 2.31. The van der Waals surface area contributed by atoms with E-state index < -0.39 is 0 Å². The lowest BCUT2D eigenvalue weighted by molar-refractivity contribution is 1.09. The highest BCUT2D eigenvalue weighted by atomic mass is 32.1. The molecule has 88 valence electrons. The quantitative estimate of drug-likeness (QED) is 0.580. The molecule has 0 nitrogen and oxygen atoms in total. The van der Waals surface area contributed by atoms with Gasteiger partial charge in [0.25, 0.3) is 0 Å². The highest BCUT2D eigenvalue weighted by Gasteiger charge is 1.93. The topological polar surface area (TPSA) is 0 Å². The van der Waals surface area contributed by atoms with Gasteiger partial charge in [-0.1, -0.05) is 64.4 Å². The van der Waals surface area contributed by atoms with E-state index in [1.54, 1.807) is 11.3 Å². The monoisotopic (exact) mass is 234 g/mol. The zero-order valence-corrected chi connectivity index (χ0v) is 11.6. The summed E-state index contributed by atoms with van der Waals surface area (Å²) in [5, 5.41) is 4.26. The number of hydrogen-bond donors (Lipinski definition) is 0. The van der Waals surface area contributed by atoms with Gasteiger partial charge in [0.05, 0.1) is 0 Å². The lowest BCUT2D eigenvalue weighted by Gasteiger charge is -1.93. The molecule has 2 aromatic rings. The molecule has 0 aliphatic carbocycles. The van der Waals surface area contributed by atoms with Gasteiger partial charge < -0.3 is 0 Å². The molecule has 0 unspecified atom stereocenters. The second-order valence-corrected chi connectivity index (χ2v) is 3.87. The Hall–Kier alpha value is -1.08. The van der Waals surface area contributed by atoms with Crippen LogP contribution in [-0.2, 0) is 0 Å². The second-order valence-electron chi connectivity index (χ2n) is 3.09. The van der Waals surface area contributed by atoms with Crippen molar-refractivity contribution in [2.45, 2.75) is 34.1 Å². The van der Waals surface area contributed by atoms with Crippen molar-refractivity contribution >= 4 is 11.3 Å². The molecule has 0 saturated heterocycles. The van der Waals surface area contributed by atoms with E-state index in [-0.39, 0.29) is 0 Å². The van der Waals surface area contributed by atoms with Crippen LogP contribution in [-0.4, -0.2) is 0 Å². The van der Waals surface area contributed by atoms with Crippen molar-refractivity contribution in [3.8, 4) is 11.1 Å². The SMILES string of the molecule is CC.CCC.c1ccc(-c2ccsc2)cc1. The Morgan fingerprint density at radius 2 is 1.44 bits per heavy atom. The maximum absolute atomic E-state index is 2.16. The molecule has 0 aliphatic heterocycles. The number of benzene rings is 1. The predicted molar refractivity (Wildman–Crippen MR) is 77.1 cm³/mol. The molecule has 1 heterocycles. The van der Waals surface area contributed by atoms with Gasteiger partial charge in [0, 0.05) is 0 Å². The molecule has 0 radical (unpaired) electrons. The fourth-order valence-corrected chi connectivity index (χ4v) is 1.72. The van der Waals surface area contributed by atoms with Crippen molar-refractivity contribution in [1.82, 2.24) is 0 Å². The average molecular weight is 234 g/mol. The molecule has 0 spiro atoms. The summed E-state index contributed by atoms with van der Waals surface area (Å²) in [5.74, 6) is 0. The van der Waals surface area contributed by atoms with Crippen LogP contribution in [0.3, 0.4) is 0 Å². The van der Waals surface area contributed by atoms with Crippen LogP contribution in [0, 0.1) is 0 Å². The van der Waals surface area contributed by atoms with Crippen LogP contribution in [0.1, 0.15) is 34.1 Å². The maximum atomic E-state index is 2.16. The first-order chi connectivity index (χ1) is 7.88. The van der Waals surface area contributed by atoms with Crippen LogP contribution in [0.2, 0.25) is 0 Å². The van der Waals surface area contributed by atoms with Crippen molar-refractivity contribution in [3.63, 3.8) is 0 Å². The Balaban J connectivity index is 0.000000394. The van der Waals surface area contributed by atoms with Gasteiger partial charge in [-0.3, -0.25) is 0 Å². The lowest BCUT2D eigenvalue weighted by Crippen LogP contribution is -1.68. The van der Waals surface area contributed by atoms with Gasteiger partial charge >= 0.3 is 0 Å². The summed E-state index contributed by atoms with van der Waals surface area (Å²) in [6, 6.07) is 12.6. The Bertz CT molecular complexity index is 322. The zero-order chi connectivity index (χ0) is 12.2. The fourth-order valence-electron chi connectivity index (χ4n) is 1.06. The molecule has 2 rings (SSSR count). The minimum atomic E-state index is 1.25. The van der Waals surface area contributed by atoms with E-state index in [2.05, 4.69) is 54.9 Å². The molecule has 0 atom stereocenters. The standard InChI is InChI=1S/C10H8S.C3H8.C2H6/c1-2-4-9(5-3-1)10-6-7-11-8-10;1-3-2;1-2/h1-8H;3H2,1-2H3;1-2H3. The van der Waals surface area contributed by atoms with E-state index in [4.69, 9.17) is 0 Å². The van der Waals surface area contributed by atoms with Crippen LogP contribution in [0.15, 0.2) is 47.2 Å². The third kappa shape index (κ3) is 5.72. The fraction of sp³-hybridized carbons (Fsp3) is 0.333. The summed E-state index contributed by atoms with van der Waals surface area (Å²) in [4.78, 5) is 0. The van der Waals surface area contributed by atoms with Crippen molar-refractivity contribution in [3.05, 3.63) is 47.2 Å². The molecule has 0 aliphatic rings. The van der Waals surface area contributed by atoms with Crippen LogP contribution < -0.4 is 0 Å². The van der Waals surface area contributed by atoms with Gasteiger partial charge in [0.2, 0.25) is 0 Å². The highest BCUT2D eigenvalue weighted by molar-refractivity contribution is 7.08. The number of hydrogen-bond acceptors (Lipinski definition) is 1. The average Bonchev–Trinajstić information content (AvgIpc) is 2.87. The van der Waals surface area contributed by atoms with Gasteiger partial charge in [-0.05, 0) is 28.0 Å². The van der Waals surface area contributed by atoms with E-state index in [0.29, 0.717) is 0 Å². The van der Waals surface area contributed by atoms with Crippen molar-refractivity contribution in [2.75, 3.05) is 0 Å². The van der Waals surface area contributed by atoms with Crippen LogP contribution in [0.5, 0.6) is 0 Å². The normalized spacial score (nSPS) is 8.25. The van der Waals surface area contributed by atoms with Crippen LogP contribution >= 0.6 is 11.3 Å². The van der Waals surface area contributed by atoms with Gasteiger partial charge in [0.15, 0.2) is 0 Å². The largest absolute Gasteiger partial charge is 0.152 e. The zero-order valence-electron chi connectivity index (χ0n) is 10.7. The van der Waals surface area contributed by atoms with E-state index >= 15 is 0 Å². The van der Waals surface area contributed by atoms with E-state index in [0.717, 1.165) is 0 Å². The molecule has 1 aromatic carbocycles. The number of thiophene rings is 1. The van der Waals surface area contributed by atoms with E-state index in [9.17, 15) is 0 Å². The van der Waals surface area contributed by atoms with Crippen molar-refractivity contribution < 1.29 is 0 Å². The molecular formula is C15H22S. The van der Waals surface area contributed by atoms with Crippen LogP contribution in [0.25, 0.3) is 11.1 Å². The summed E-state index contributed by atoms with van der Waals surface area (Å²) >= 11 is 1.73. The first-order valence-corrected chi connectivity index (χ1v) is 6.90. The minimum absolute atomic E-state index is 1.25. The molecule has 0 amide bonds. The van der Waals surface area contributed by atoms with E-state index in [1.807, 2.05) is 19.9 Å². The molecule has 0 bridgehead atoms. The molecule has 1 heteroatoms. The summed E-state index contributed by atoms with van der Waals surface area (Å²) in [5.41, 5.74) is 2.62.